The Morgan fingerprint density at radius 2 is 1.97 bits per heavy atom. The molecule has 1 saturated heterocycles. The number of rotatable bonds is 2. The maximum absolute atomic E-state index is 9.78. The molecule has 2 N–H and O–H groups in total. The number of nitrogen functional groups attached to an aromatic ring is 1. The second-order valence-corrected chi connectivity index (χ2v) is 7.91. The van der Waals surface area contributed by atoms with E-state index in [9.17, 15) is 5.26 Å². The van der Waals surface area contributed by atoms with E-state index in [0.717, 1.165) is 64.8 Å². The smallest absolute Gasteiger partial charge is 0.162 e. The van der Waals surface area contributed by atoms with Gasteiger partial charge in [0, 0.05) is 23.9 Å². The fourth-order valence-corrected chi connectivity index (χ4v) is 4.26. The lowest BCUT2D eigenvalue weighted by Crippen LogP contribution is -2.19. The molecule has 1 unspecified atom stereocenters. The molecule has 5 heterocycles. The first kappa shape index (κ1) is 18.6. The Bertz CT molecular complexity index is 1340. The quantitative estimate of drug-likeness (QED) is 0.547. The second-order valence-electron chi connectivity index (χ2n) is 7.91. The molecular formula is C22H23N7O. The summed E-state index contributed by atoms with van der Waals surface area (Å²) in [6.45, 7) is 6.66. The van der Waals surface area contributed by atoms with Crippen molar-refractivity contribution in [3.8, 4) is 11.8 Å². The third-order valence-corrected chi connectivity index (χ3v) is 5.97. The Kier molecular flexibility index (Phi) is 4.22. The Labute approximate surface area is 173 Å². The molecule has 0 aliphatic carbocycles. The van der Waals surface area contributed by atoms with Gasteiger partial charge in [0.1, 0.15) is 23.1 Å². The normalized spacial score (nSPS) is 16.9. The molecule has 1 aliphatic rings. The lowest BCUT2D eigenvalue weighted by atomic mass is 10.1. The van der Waals surface area contributed by atoms with E-state index in [0.29, 0.717) is 17.0 Å². The minimum atomic E-state index is -0.115. The van der Waals surface area contributed by atoms with E-state index in [1.165, 1.54) is 0 Å². The number of hydrogen-bond donors (Lipinski definition) is 1. The van der Waals surface area contributed by atoms with Gasteiger partial charge in [0.25, 0.3) is 0 Å². The van der Waals surface area contributed by atoms with Crippen LogP contribution in [0.5, 0.6) is 0 Å². The van der Waals surface area contributed by atoms with Crippen LogP contribution in [0.1, 0.15) is 47.9 Å². The van der Waals surface area contributed by atoms with Crippen molar-refractivity contribution in [2.45, 2.75) is 46.3 Å². The Morgan fingerprint density at radius 3 is 2.70 bits per heavy atom. The summed E-state index contributed by atoms with van der Waals surface area (Å²) in [7, 11) is 0. The van der Waals surface area contributed by atoms with Crippen LogP contribution in [-0.2, 0) is 4.74 Å². The third-order valence-electron chi connectivity index (χ3n) is 5.97. The van der Waals surface area contributed by atoms with Gasteiger partial charge in [-0.1, -0.05) is 0 Å². The molecule has 4 aromatic rings. The lowest BCUT2D eigenvalue weighted by molar-refractivity contribution is -0.0370. The molecule has 8 heteroatoms. The fourth-order valence-electron chi connectivity index (χ4n) is 4.26. The fraction of sp³-hybridized carbons (Fsp3) is 0.364. The van der Waals surface area contributed by atoms with Crippen LogP contribution in [0, 0.1) is 32.1 Å². The van der Waals surface area contributed by atoms with Gasteiger partial charge < -0.3 is 10.5 Å². The van der Waals surface area contributed by atoms with Crippen LogP contribution >= 0.6 is 0 Å². The number of pyridine rings is 2. The predicted octanol–water partition coefficient (Wildman–Crippen LogP) is 3.85. The van der Waals surface area contributed by atoms with E-state index in [1.54, 1.807) is 6.20 Å². The SMILES string of the molecule is Cc1cc2c(C#N)c(N)n(-c3c(C)cnc4c3cnn4C3CCCCO3)c2nc1C. The maximum atomic E-state index is 9.78. The van der Waals surface area contributed by atoms with Gasteiger partial charge in [-0.3, -0.25) is 4.57 Å². The molecule has 1 aliphatic heterocycles. The zero-order chi connectivity index (χ0) is 21.0. The van der Waals surface area contributed by atoms with E-state index < -0.39 is 0 Å². The average molecular weight is 401 g/mol. The molecule has 5 rings (SSSR count). The van der Waals surface area contributed by atoms with E-state index in [4.69, 9.17) is 15.5 Å². The monoisotopic (exact) mass is 401 g/mol. The van der Waals surface area contributed by atoms with Crippen molar-refractivity contribution >= 4 is 27.9 Å². The number of hydrogen-bond acceptors (Lipinski definition) is 6. The molecule has 1 fully saturated rings. The Balaban J connectivity index is 1.82. The molecule has 30 heavy (non-hydrogen) atoms. The highest BCUT2D eigenvalue weighted by Crippen LogP contribution is 2.36. The van der Waals surface area contributed by atoms with Crippen LogP contribution in [-0.4, -0.2) is 30.9 Å². The van der Waals surface area contributed by atoms with Crippen LogP contribution in [0.15, 0.2) is 18.5 Å². The van der Waals surface area contributed by atoms with Crippen molar-refractivity contribution in [1.29, 1.82) is 5.26 Å². The van der Waals surface area contributed by atoms with Crippen molar-refractivity contribution in [2.24, 2.45) is 0 Å². The van der Waals surface area contributed by atoms with Gasteiger partial charge in [-0.05, 0) is 57.2 Å². The van der Waals surface area contributed by atoms with Crippen molar-refractivity contribution in [2.75, 3.05) is 12.3 Å². The average Bonchev–Trinajstić information content (AvgIpc) is 3.28. The highest BCUT2D eigenvalue weighted by molar-refractivity contribution is 5.96. The van der Waals surface area contributed by atoms with E-state index in [-0.39, 0.29) is 6.23 Å². The van der Waals surface area contributed by atoms with Gasteiger partial charge >= 0.3 is 0 Å². The number of ether oxygens (including phenoxy) is 1. The van der Waals surface area contributed by atoms with Crippen LogP contribution in [0.2, 0.25) is 0 Å². The van der Waals surface area contributed by atoms with Crippen molar-refractivity contribution in [3.63, 3.8) is 0 Å². The Hall–Kier alpha value is -3.44. The first-order valence-corrected chi connectivity index (χ1v) is 10.1. The summed E-state index contributed by atoms with van der Waals surface area (Å²) in [6, 6.07) is 4.24. The van der Waals surface area contributed by atoms with Gasteiger partial charge in [0.2, 0.25) is 0 Å². The Morgan fingerprint density at radius 1 is 1.13 bits per heavy atom. The van der Waals surface area contributed by atoms with Crippen molar-refractivity contribution in [3.05, 3.63) is 40.8 Å². The molecule has 0 bridgehead atoms. The van der Waals surface area contributed by atoms with Crippen LogP contribution in [0.25, 0.3) is 27.8 Å². The van der Waals surface area contributed by atoms with Crippen molar-refractivity contribution < 1.29 is 4.74 Å². The summed E-state index contributed by atoms with van der Waals surface area (Å²) in [4.78, 5) is 9.44. The lowest BCUT2D eigenvalue weighted by Gasteiger charge is -2.23. The zero-order valence-corrected chi connectivity index (χ0v) is 17.3. The van der Waals surface area contributed by atoms with Gasteiger partial charge in [0.15, 0.2) is 11.9 Å². The standard InChI is InChI=1S/C22H23N7O/c1-12-8-15-16(9-23)20(24)28(22(15)27-14(12)3)19-13(2)10-25-21-17(19)11-26-29(21)18-6-4-5-7-30-18/h8,10-11,18H,4-7,24H2,1-3H3. The number of anilines is 1. The summed E-state index contributed by atoms with van der Waals surface area (Å²) in [5.74, 6) is 0.377. The number of nitrogens with two attached hydrogens (primary N) is 1. The molecule has 0 radical (unpaired) electrons. The number of aromatic nitrogens is 5. The molecule has 152 valence electrons. The third kappa shape index (κ3) is 2.59. The van der Waals surface area contributed by atoms with Crippen LogP contribution in [0.4, 0.5) is 5.82 Å². The van der Waals surface area contributed by atoms with Crippen LogP contribution < -0.4 is 5.73 Å². The number of nitriles is 1. The first-order chi connectivity index (χ1) is 14.5. The summed E-state index contributed by atoms with van der Waals surface area (Å²) in [5.41, 5.74) is 12.1. The zero-order valence-electron chi connectivity index (χ0n) is 17.3. The van der Waals surface area contributed by atoms with E-state index >= 15 is 0 Å². The molecule has 1 atom stereocenters. The summed E-state index contributed by atoms with van der Waals surface area (Å²) < 4.78 is 9.65. The molecule has 0 spiro atoms. The van der Waals surface area contributed by atoms with Gasteiger partial charge in [-0.2, -0.15) is 10.4 Å². The summed E-state index contributed by atoms with van der Waals surface area (Å²) in [6.07, 6.45) is 6.59. The second kappa shape index (κ2) is 6.82. The highest BCUT2D eigenvalue weighted by atomic mass is 16.5. The largest absolute Gasteiger partial charge is 0.384 e. The minimum Gasteiger partial charge on any atom is -0.384 e. The number of fused-ring (bicyclic) bond motifs is 2. The maximum Gasteiger partial charge on any atom is 0.162 e. The molecular weight excluding hydrogens is 378 g/mol. The van der Waals surface area contributed by atoms with Crippen molar-refractivity contribution in [1.82, 2.24) is 24.3 Å². The predicted molar refractivity (Wildman–Crippen MR) is 114 cm³/mol. The van der Waals surface area contributed by atoms with Gasteiger partial charge in [-0.25, -0.2) is 14.6 Å². The number of aryl methyl sites for hydroxylation is 3. The summed E-state index contributed by atoms with van der Waals surface area (Å²) >= 11 is 0. The minimum absolute atomic E-state index is 0.115. The topological polar surface area (TPSA) is 108 Å². The van der Waals surface area contributed by atoms with E-state index in [1.807, 2.05) is 42.3 Å². The van der Waals surface area contributed by atoms with E-state index in [2.05, 4.69) is 16.2 Å². The molecule has 8 nitrogen and oxygen atoms in total. The van der Waals surface area contributed by atoms with Crippen LogP contribution in [0.3, 0.4) is 0 Å². The highest BCUT2D eigenvalue weighted by Gasteiger charge is 2.25. The molecule has 4 aromatic heterocycles. The van der Waals surface area contributed by atoms with Gasteiger partial charge in [-0.15, -0.1) is 0 Å². The molecule has 0 saturated carbocycles. The summed E-state index contributed by atoms with van der Waals surface area (Å²) in [5, 5.41) is 16.0. The number of nitrogens with zero attached hydrogens (tertiary/aromatic N) is 6. The first-order valence-electron chi connectivity index (χ1n) is 10.1. The molecule has 0 amide bonds. The molecule has 0 aromatic carbocycles. The van der Waals surface area contributed by atoms with Gasteiger partial charge in [0.05, 0.1) is 17.3 Å².